The standard InChI is InChI=1S/C18H17FN2O6/c1-2-16(27-13-6-4-3-5-7-13)18(23)26-11-17(22)20-12-8-9-14(19)15(10-12)21(24)25/h3-10,16H,2,11H2,1H3,(H,20,22)/t16-/m1/s1. The third kappa shape index (κ3) is 5.77. The van der Waals surface area contributed by atoms with Crippen molar-refractivity contribution in [3.8, 4) is 5.75 Å². The Kier molecular flexibility index (Phi) is 6.81. The molecule has 2 aromatic carbocycles. The van der Waals surface area contributed by atoms with Crippen molar-refractivity contribution in [2.75, 3.05) is 11.9 Å². The summed E-state index contributed by atoms with van der Waals surface area (Å²) in [5, 5.41) is 13.0. The number of nitro benzene ring substituents is 1. The molecular weight excluding hydrogens is 359 g/mol. The zero-order valence-corrected chi connectivity index (χ0v) is 14.4. The number of amides is 1. The molecule has 1 amide bonds. The van der Waals surface area contributed by atoms with E-state index < -0.39 is 41.0 Å². The van der Waals surface area contributed by atoms with Crippen LogP contribution in [0.2, 0.25) is 0 Å². The Hall–Kier alpha value is -3.49. The second kappa shape index (κ2) is 9.27. The number of halogens is 1. The summed E-state index contributed by atoms with van der Waals surface area (Å²) in [5.74, 6) is -1.97. The highest BCUT2D eigenvalue weighted by atomic mass is 19.1. The van der Waals surface area contributed by atoms with Crippen LogP contribution >= 0.6 is 0 Å². The van der Waals surface area contributed by atoms with Gasteiger partial charge in [0.05, 0.1) is 4.92 Å². The fourth-order valence-corrected chi connectivity index (χ4v) is 2.12. The lowest BCUT2D eigenvalue weighted by atomic mass is 10.2. The minimum atomic E-state index is -1.02. The Morgan fingerprint density at radius 2 is 1.93 bits per heavy atom. The van der Waals surface area contributed by atoms with Crippen molar-refractivity contribution in [1.29, 1.82) is 0 Å². The molecule has 0 heterocycles. The van der Waals surface area contributed by atoms with Gasteiger partial charge in [-0.25, -0.2) is 4.79 Å². The van der Waals surface area contributed by atoms with Crippen LogP contribution in [0.5, 0.6) is 5.75 Å². The summed E-state index contributed by atoms with van der Waals surface area (Å²) in [5.41, 5.74) is -0.760. The van der Waals surface area contributed by atoms with Gasteiger partial charge in [-0.3, -0.25) is 14.9 Å². The molecule has 0 bridgehead atoms. The number of anilines is 1. The molecule has 8 nitrogen and oxygen atoms in total. The average Bonchev–Trinajstić information content (AvgIpc) is 2.66. The highest BCUT2D eigenvalue weighted by Crippen LogP contribution is 2.21. The molecule has 0 aliphatic carbocycles. The normalized spacial score (nSPS) is 11.3. The smallest absolute Gasteiger partial charge is 0.347 e. The van der Waals surface area contributed by atoms with Crippen molar-refractivity contribution in [2.24, 2.45) is 0 Å². The molecule has 9 heteroatoms. The second-order valence-electron chi connectivity index (χ2n) is 5.41. The Labute approximate surface area is 154 Å². The third-order valence-electron chi connectivity index (χ3n) is 3.43. The maximum atomic E-state index is 13.3. The minimum Gasteiger partial charge on any atom is -0.479 e. The van der Waals surface area contributed by atoms with Crippen molar-refractivity contribution >= 4 is 23.3 Å². The number of carbonyl (C=O) groups excluding carboxylic acids is 2. The minimum absolute atomic E-state index is 0.0109. The molecule has 0 fully saturated rings. The van der Waals surface area contributed by atoms with Gasteiger partial charge in [-0.1, -0.05) is 25.1 Å². The van der Waals surface area contributed by atoms with Gasteiger partial charge in [0, 0.05) is 11.8 Å². The van der Waals surface area contributed by atoms with E-state index in [9.17, 15) is 24.1 Å². The molecule has 0 radical (unpaired) electrons. The number of nitrogens with one attached hydrogen (secondary N) is 1. The van der Waals surface area contributed by atoms with Gasteiger partial charge in [0.2, 0.25) is 5.82 Å². The molecule has 0 aromatic heterocycles. The Morgan fingerprint density at radius 3 is 2.56 bits per heavy atom. The first-order chi connectivity index (χ1) is 12.9. The molecule has 0 saturated carbocycles. The first-order valence-corrected chi connectivity index (χ1v) is 8.02. The largest absolute Gasteiger partial charge is 0.479 e. The third-order valence-corrected chi connectivity index (χ3v) is 3.43. The van der Waals surface area contributed by atoms with Gasteiger partial charge in [0.25, 0.3) is 5.91 Å². The maximum Gasteiger partial charge on any atom is 0.347 e. The van der Waals surface area contributed by atoms with Crippen molar-refractivity contribution in [3.63, 3.8) is 0 Å². The second-order valence-corrected chi connectivity index (χ2v) is 5.41. The van der Waals surface area contributed by atoms with Gasteiger partial charge in [-0.2, -0.15) is 4.39 Å². The average molecular weight is 376 g/mol. The lowest BCUT2D eigenvalue weighted by molar-refractivity contribution is -0.387. The van der Waals surface area contributed by atoms with Crippen molar-refractivity contribution in [2.45, 2.75) is 19.4 Å². The van der Waals surface area contributed by atoms with Gasteiger partial charge >= 0.3 is 11.7 Å². The molecular formula is C18H17FN2O6. The summed E-state index contributed by atoms with van der Waals surface area (Å²) in [7, 11) is 0. The molecule has 2 rings (SSSR count). The topological polar surface area (TPSA) is 108 Å². The number of hydrogen-bond donors (Lipinski definition) is 1. The van der Waals surface area contributed by atoms with E-state index in [2.05, 4.69) is 5.32 Å². The SMILES string of the molecule is CC[C@@H](Oc1ccccc1)C(=O)OCC(=O)Nc1ccc(F)c([N+](=O)[O-])c1. The number of para-hydroxylation sites is 1. The maximum absolute atomic E-state index is 13.3. The molecule has 0 spiro atoms. The number of carbonyl (C=O) groups is 2. The number of nitro groups is 1. The lowest BCUT2D eigenvalue weighted by Crippen LogP contribution is -2.31. The van der Waals surface area contributed by atoms with E-state index in [0.717, 1.165) is 18.2 Å². The zero-order chi connectivity index (χ0) is 19.8. The molecule has 142 valence electrons. The number of rotatable bonds is 8. The molecule has 0 aliphatic heterocycles. The summed E-state index contributed by atoms with van der Waals surface area (Å²) in [4.78, 5) is 33.7. The molecule has 0 saturated heterocycles. The van der Waals surface area contributed by atoms with E-state index >= 15 is 0 Å². The van der Waals surface area contributed by atoms with E-state index in [-0.39, 0.29) is 5.69 Å². The number of nitrogens with zero attached hydrogens (tertiary/aromatic N) is 1. The Morgan fingerprint density at radius 1 is 1.22 bits per heavy atom. The lowest BCUT2D eigenvalue weighted by Gasteiger charge is -2.16. The molecule has 1 N–H and O–H groups in total. The summed E-state index contributed by atoms with van der Waals surface area (Å²) >= 11 is 0. The van der Waals surface area contributed by atoms with E-state index in [4.69, 9.17) is 9.47 Å². The van der Waals surface area contributed by atoms with Crippen LogP contribution < -0.4 is 10.1 Å². The Bertz CT molecular complexity index is 828. The van der Waals surface area contributed by atoms with Gasteiger partial charge in [0.15, 0.2) is 12.7 Å². The molecule has 2 aromatic rings. The highest BCUT2D eigenvalue weighted by Gasteiger charge is 2.21. The van der Waals surface area contributed by atoms with Crippen LogP contribution in [0, 0.1) is 15.9 Å². The monoisotopic (exact) mass is 376 g/mol. The highest BCUT2D eigenvalue weighted by molar-refractivity contribution is 5.93. The fraction of sp³-hybridized carbons (Fsp3) is 0.222. The van der Waals surface area contributed by atoms with Crippen LogP contribution in [0.1, 0.15) is 13.3 Å². The van der Waals surface area contributed by atoms with Crippen LogP contribution in [0.25, 0.3) is 0 Å². The van der Waals surface area contributed by atoms with E-state index in [1.807, 2.05) is 0 Å². The number of benzene rings is 2. The summed E-state index contributed by atoms with van der Waals surface area (Å²) in [6.07, 6.45) is -0.549. The molecule has 0 aliphatic rings. The van der Waals surface area contributed by atoms with Gasteiger partial charge in [-0.15, -0.1) is 0 Å². The number of ether oxygens (including phenoxy) is 2. The Balaban J connectivity index is 1.89. The number of esters is 1. The van der Waals surface area contributed by atoms with E-state index in [1.54, 1.807) is 37.3 Å². The summed E-state index contributed by atoms with van der Waals surface area (Å²) in [6, 6.07) is 11.6. The summed E-state index contributed by atoms with van der Waals surface area (Å²) < 4.78 is 23.7. The van der Waals surface area contributed by atoms with Crippen LogP contribution in [-0.4, -0.2) is 29.5 Å². The van der Waals surface area contributed by atoms with Crippen LogP contribution in [0.4, 0.5) is 15.8 Å². The first kappa shape index (κ1) is 19.8. The fourth-order valence-electron chi connectivity index (χ4n) is 2.12. The van der Waals surface area contributed by atoms with Gasteiger partial charge in [0.1, 0.15) is 5.75 Å². The molecule has 0 unspecified atom stereocenters. The number of hydrogen-bond acceptors (Lipinski definition) is 6. The van der Waals surface area contributed by atoms with E-state index in [0.29, 0.717) is 12.2 Å². The molecule has 1 atom stereocenters. The van der Waals surface area contributed by atoms with E-state index in [1.165, 1.54) is 0 Å². The van der Waals surface area contributed by atoms with Crippen LogP contribution in [0.3, 0.4) is 0 Å². The quantitative estimate of drug-likeness (QED) is 0.431. The van der Waals surface area contributed by atoms with Crippen LogP contribution in [-0.2, 0) is 14.3 Å². The van der Waals surface area contributed by atoms with Gasteiger partial charge in [-0.05, 0) is 30.7 Å². The zero-order valence-electron chi connectivity index (χ0n) is 14.4. The predicted molar refractivity (Wildman–Crippen MR) is 93.8 cm³/mol. The first-order valence-electron chi connectivity index (χ1n) is 8.02. The predicted octanol–water partition coefficient (Wildman–Crippen LogP) is 3.07. The van der Waals surface area contributed by atoms with Crippen LogP contribution in [0.15, 0.2) is 48.5 Å². The molecule has 27 heavy (non-hydrogen) atoms. The van der Waals surface area contributed by atoms with Crippen molar-refractivity contribution in [3.05, 3.63) is 64.5 Å². The van der Waals surface area contributed by atoms with Gasteiger partial charge < -0.3 is 14.8 Å². The summed E-state index contributed by atoms with van der Waals surface area (Å²) in [6.45, 7) is 1.12. The van der Waals surface area contributed by atoms with Crippen molar-refractivity contribution in [1.82, 2.24) is 0 Å². The van der Waals surface area contributed by atoms with Crippen molar-refractivity contribution < 1.29 is 28.4 Å².